The third-order valence-electron chi connectivity index (χ3n) is 2.64. The van der Waals surface area contributed by atoms with E-state index >= 15 is 0 Å². The van der Waals surface area contributed by atoms with Gasteiger partial charge in [0.25, 0.3) is 0 Å². The summed E-state index contributed by atoms with van der Waals surface area (Å²) in [4.78, 5) is 0. The van der Waals surface area contributed by atoms with Crippen LogP contribution in [0.1, 0.15) is 13.8 Å². The summed E-state index contributed by atoms with van der Waals surface area (Å²) in [7, 11) is 0. The molecule has 0 amide bonds. The molecule has 2 fully saturated rings. The lowest BCUT2D eigenvalue weighted by Gasteiger charge is -2.34. The Morgan fingerprint density at radius 1 is 1.50 bits per heavy atom. The number of hydrogen-bond acceptors (Lipinski definition) is 5. The van der Waals surface area contributed by atoms with Crippen molar-refractivity contribution in [2.24, 2.45) is 0 Å². The van der Waals surface area contributed by atoms with Crippen molar-refractivity contribution < 1.29 is 24.1 Å². The first-order valence-electron chi connectivity index (χ1n) is 5.41. The summed E-state index contributed by atoms with van der Waals surface area (Å²) in [5.74, 6) is -0.674. The molecule has 0 aromatic carbocycles. The molecule has 0 radical (unpaired) electrons. The summed E-state index contributed by atoms with van der Waals surface area (Å²) >= 11 is 0. The highest BCUT2D eigenvalue weighted by atomic mass is 16.8. The molecule has 0 aliphatic carbocycles. The smallest absolute Gasteiger partial charge is 0.186 e. The lowest BCUT2D eigenvalue weighted by molar-refractivity contribution is -0.247. The van der Waals surface area contributed by atoms with Crippen LogP contribution in [0.3, 0.4) is 0 Å². The number of aliphatic hydroxyl groups excluding tert-OH is 1. The molecule has 0 aromatic rings. The fraction of sp³-hybridized carbons (Fsp3) is 0.818. The Hall–Kier alpha value is -0.460. The van der Waals surface area contributed by atoms with Crippen LogP contribution in [0.4, 0.5) is 0 Å². The summed E-state index contributed by atoms with van der Waals surface area (Å²) < 4.78 is 21.9. The molecule has 2 aliphatic rings. The van der Waals surface area contributed by atoms with Gasteiger partial charge in [0, 0.05) is 0 Å². The monoisotopic (exact) mass is 230 g/mol. The SMILES string of the molecule is C=CCO[C@@H]1OC[C@H]2OC(C)(C)OC2C1O. The highest BCUT2D eigenvalue weighted by Crippen LogP contribution is 2.34. The highest BCUT2D eigenvalue weighted by Gasteiger charge is 2.50. The first-order valence-corrected chi connectivity index (χ1v) is 5.41. The van der Waals surface area contributed by atoms with Gasteiger partial charge < -0.3 is 24.1 Å². The first kappa shape index (κ1) is 12.0. The van der Waals surface area contributed by atoms with E-state index in [1.54, 1.807) is 6.08 Å². The van der Waals surface area contributed by atoms with Gasteiger partial charge in [0.15, 0.2) is 12.1 Å². The predicted molar refractivity (Wildman–Crippen MR) is 55.7 cm³/mol. The maximum atomic E-state index is 10.0. The third-order valence-corrected chi connectivity index (χ3v) is 2.64. The van der Waals surface area contributed by atoms with Gasteiger partial charge in [0.1, 0.15) is 18.3 Å². The topological polar surface area (TPSA) is 57.2 Å². The zero-order valence-electron chi connectivity index (χ0n) is 9.59. The van der Waals surface area contributed by atoms with Crippen molar-refractivity contribution >= 4 is 0 Å². The van der Waals surface area contributed by atoms with Gasteiger partial charge in [-0.1, -0.05) is 6.08 Å². The van der Waals surface area contributed by atoms with Crippen LogP contribution in [0.5, 0.6) is 0 Å². The molecule has 1 N–H and O–H groups in total. The fourth-order valence-electron chi connectivity index (χ4n) is 2.03. The molecule has 5 heteroatoms. The average molecular weight is 230 g/mol. The van der Waals surface area contributed by atoms with Crippen LogP contribution in [0.25, 0.3) is 0 Å². The molecule has 0 saturated carbocycles. The maximum Gasteiger partial charge on any atom is 0.186 e. The highest BCUT2D eigenvalue weighted by molar-refractivity contribution is 4.91. The number of ether oxygens (including phenoxy) is 4. The Labute approximate surface area is 94.9 Å². The van der Waals surface area contributed by atoms with E-state index in [4.69, 9.17) is 18.9 Å². The molecule has 2 rings (SSSR count). The van der Waals surface area contributed by atoms with Crippen molar-refractivity contribution in [2.45, 2.75) is 44.2 Å². The van der Waals surface area contributed by atoms with E-state index in [9.17, 15) is 5.11 Å². The first-order chi connectivity index (χ1) is 7.53. The summed E-state index contributed by atoms with van der Waals surface area (Å²) in [5, 5.41) is 10.0. The zero-order chi connectivity index (χ0) is 11.8. The van der Waals surface area contributed by atoms with E-state index in [1.165, 1.54) is 0 Å². The molecule has 2 saturated heterocycles. The van der Waals surface area contributed by atoms with Crippen molar-refractivity contribution in [1.82, 2.24) is 0 Å². The van der Waals surface area contributed by atoms with Crippen LogP contribution >= 0.6 is 0 Å². The van der Waals surface area contributed by atoms with E-state index in [-0.39, 0.29) is 6.10 Å². The van der Waals surface area contributed by atoms with Crippen molar-refractivity contribution in [3.8, 4) is 0 Å². The normalized spacial score (nSPS) is 41.7. The van der Waals surface area contributed by atoms with Crippen molar-refractivity contribution in [3.63, 3.8) is 0 Å². The molecular weight excluding hydrogens is 212 g/mol. The van der Waals surface area contributed by atoms with Gasteiger partial charge >= 0.3 is 0 Å². The summed E-state index contributed by atoms with van der Waals surface area (Å²) in [5.41, 5.74) is 0. The number of aliphatic hydroxyl groups is 1. The van der Waals surface area contributed by atoms with Gasteiger partial charge in [-0.25, -0.2) is 0 Å². The van der Waals surface area contributed by atoms with Crippen LogP contribution in [0, 0.1) is 0 Å². The molecule has 2 heterocycles. The fourth-order valence-corrected chi connectivity index (χ4v) is 2.03. The van der Waals surface area contributed by atoms with Gasteiger partial charge in [-0.15, -0.1) is 6.58 Å². The maximum absolute atomic E-state index is 10.0. The number of rotatable bonds is 3. The third kappa shape index (κ3) is 2.28. The molecule has 2 aliphatic heterocycles. The molecule has 92 valence electrons. The van der Waals surface area contributed by atoms with Crippen LogP contribution in [-0.4, -0.2) is 48.7 Å². The Morgan fingerprint density at radius 2 is 2.25 bits per heavy atom. The van der Waals surface area contributed by atoms with Crippen LogP contribution < -0.4 is 0 Å². The zero-order valence-corrected chi connectivity index (χ0v) is 9.59. The van der Waals surface area contributed by atoms with Gasteiger partial charge in [0.2, 0.25) is 0 Å². The Kier molecular flexibility index (Phi) is 3.32. The largest absolute Gasteiger partial charge is 0.385 e. The lowest BCUT2D eigenvalue weighted by Crippen LogP contribution is -2.52. The number of hydrogen-bond donors (Lipinski definition) is 1. The van der Waals surface area contributed by atoms with Crippen LogP contribution in [0.15, 0.2) is 12.7 Å². The molecule has 0 bridgehead atoms. The Balaban J connectivity index is 1.98. The molecule has 2 unspecified atom stereocenters. The van der Waals surface area contributed by atoms with Crippen molar-refractivity contribution in [1.29, 1.82) is 0 Å². The predicted octanol–water partition coefficient (Wildman–Crippen LogP) is 0.426. The van der Waals surface area contributed by atoms with Crippen molar-refractivity contribution in [2.75, 3.05) is 13.2 Å². The second-order valence-corrected chi connectivity index (χ2v) is 4.45. The minimum Gasteiger partial charge on any atom is -0.385 e. The summed E-state index contributed by atoms with van der Waals surface area (Å²) in [6.45, 7) is 7.88. The Bertz CT molecular complexity index is 265. The summed E-state index contributed by atoms with van der Waals surface area (Å²) in [6, 6.07) is 0. The quantitative estimate of drug-likeness (QED) is 0.712. The van der Waals surface area contributed by atoms with Crippen LogP contribution in [-0.2, 0) is 18.9 Å². The van der Waals surface area contributed by atoms with Gasteiger partial charge in [-0.3, -0.25) is 0 Å². The van der Waals surface area contributed by atoms with E-state index in [2.05, 4.69) is 6.58 Å². The van der Waals surface area contributed by atoms with E-state index < -0.39 is 24.3 Å². The second-order valence-electron chi connectivity index (χ2n) is 4.45. The molecule has 4 atom stereocenters. The molecule has 0 spiro atoms. The molecule has 0 aromatic heterocycles. The van der Waals surface area contributed by atoms with E-state index in [0.717, 1.165) is 0 Å². The molecule has 16 heavy (non-hydrogen) atoms. The molecular formula is C11H18O5. The van der Waals surface area contributed by atoms with Gasteiger partial charge in [0.05, 0.1) is 13.2 Å². The van der Waals surface area contributed by atoms with Gasteiger partial charge in [-0.05, 0) is 13.8 Å². The van der Waals surface area contributed by atoms with Gasteiger partial charge in [-0.2, -0.15) is 0 Å². The second kappa shape index (κ2) is 4.43. The average Bonchev–Trinajstić information content (AvgIpc) is 2.53. The minimum atomic E-state index is -0.833. The van der Waals surface area contributed by atoms with Crippen LogP contribution in [0.2, 0.25) is 0 Å². The standard InChI is InChI=1S/C11H18O5/c1-4-5-13-10-8(12)9-7(6-14-10)15-11(2,3)16-9/h4,7-10,12H,1,5-6H2,2-3H3/t7-,8?,9?,10-/m1/s1. The number of fused-ring (bicyclic) bond motifs is 1. The minimum absolute atomic E-state index is 0.228. The Morgan fingerprint density at radius 3 is 2.94 bits per heavy atom. The lowest BCUT2D eigenvalue weighted by atomic mass is 10.1. The van der Waals surface area contributed by atoms with Crippen molar-refractivity contribution in [3.05, 3.63) is 12.7 Å². The summed E-state index contributed by atoms with van der Waals surface area (Å²) in [6.07, 6.45) is -0.512. The molecule has 5 nitrogen and oxygen atoms in total. The van der Waals surface area contributed by atoms with E-state index in [1.807, 2.05) is 13.8 Å². The van der Waals surface area contributed by atoms with E-state index in [0.29, 0.717) is 13.2 Å².